The van der Waals surface area contributed by atoms with Gasteiger partial charge in [-0.3, -0.25) is 4.79 Å². The lowest BCUT2D eigenvalue weighted by Gasteiger charge is -2.05. The van der Waals surface area contributed by atoms with E-state index in [1.807, 2.05) is 24.3 Å². The first-order valence-corrected chi connectivity index (χ1v) is 8.67. The van der Waals surface area contributed by atoms with Crippen LogP contribution in [0.15, 0.2) is 34.0 Å². The predicted octanol–water partition coefficient (Wildman–Crippen LogP) is 1.48. The lowest BCUT2D eigenvalue weighted by molar-refractivity contribution is 0.0946. The van der Waals surface area contributed by atoms with Crippen LogP contribution in [0.3, 0.4) is 0 Å². The highest BCUT2D eigenvalue weighted by Crippen LogP contribution is 2.15. The number of hydrogen-bond donors (Lipinski definition) is 2. The van der Waals surface area contributed by atoms with Crippen molar-refractivity contribution in [3.8, 4) is 11.6 Å². The number of rotatable bonds is 8. The molecule has 11 nitrogen and oxygen atoms in total. The van der Waals surface area contributed by atoms with Crippen molar-refractivity contribution in [3.63, 3.8) is 0 Å². The van der Waals surface area contributed by atoms with Crippen LogP contribution in [0.5, 0.6) is 5.75 Å². The molecule has 0 spiro atoms. The van der Waals surface area contributed by atoms with Crippen LogP contribution < -0.4 is 15.9 Å². The van der Waals surface area contributed by atoms with Crippen molar-refractivity contribution in [2.45, 2.75) is 26.7 Å². The lowest BCUT2D eigenvalue weighted by Crippen LogP contribution is -2.22. The molecule has 0 aliphatic carbocycles. The summed E-state index contributed by atoms with van der Waals surface area (Å²) in [5, 5.41) is 18.8. The number of nitrogens with zero attached hydrogens (tertiary/aromatic N) is 6. The molecule has 11 heteroatoms. The van der Waals surface area contributed by atoms with E-state index in [0.29, 0.717) is 12.3 Å². The molecule has 0 aliphatic rings. The Balaban J connectivity index is 1.65. The second kappa shape index (κ2) is 8.75. The molecule has 0 aliphatic heterocycles. The van der Waals surface area contributed by atoms with E-state index in [2.05, 4.69) is 42.7 Å². The zero-order valence-electron chi connectivity index (χ0n) is 15.5. The number of nitrogens with two attached hydrogens (primary N) is 1. The molecule has 0 atom stereocenters. The Morgan fingerprint density at radius 2 is 2.14 bits per heavy atom. The number of nitrogens with one attached hydrogen (secondary N) is 1. The van der Waals surface area contributed by atoms with E-state index in [1.165, 1.54) is 6.21 Å². The number of aryl methyl sites for hydroxylation is 1. The van der Waals surface area contributed by atoms with Crippen molar-refractivity contribution in [2.24, 2.45) is 5.10 Å². The van der Waals surface area contributed by atoms with Gasteiger partial charge < -0.3 is 10.5 Å². The molecule has 1 amide bonds. The standard InChI is InChI=1S/C17H20N8O3/c1-3-4-9-27-13-7-5-12(6-8-13)10-19-21-17(26)14-11(2)20-24-25(14)16-15(18)22-28-23-16/h5-8,10H,3-4,9H2,1-2H3,(H2,18,22)(H,21,26). The molecule has 0 saturated carbocycles. The fraction of sp³-hybridized carbons (Fsp3) is 0.294. The quantitative estimate of drug-likeness (QED) is 0.337. The van der Waals surface area contributed by atoms with Crippen LogP contribution in [0.1, 0.15) is 41.5 Å². The summed E-state index contributed by atoms with van der Waals surface area (Å²) in [6, 6.07) is 7.39. The SMILES string of the molecule is CCCCOc1ccc(C=NNC(=O)c2c(C)nnn2-c2nonc2N)cc1. The highest BCUT2D eigenvalue weighted by Gasteiger charge is 2.22. The number of hydrogen-bond acceptors (Lipinski definition) is 9. The number of hydrazone groups is 1. The van der Waals surface area contributed by atoms with Gasteiger partial charge in [-0.1, -0.05) is 18.6 Å². The molecular formula is C17H20N8O3. The van der Waals surface area contributed by atoms with Crippen LogP contribution in [-0.4, -0.2) is 44.0 Å². The molecule has 1 aromatic carbocycles. The first-order chi connectivity index (χ1) is 13.6. The molecule has 0 saturated heterocycles. The van der Waals surface area contributed by atoms with E-state index >= 15 is 0 Å². The third-order valence-electron chi connectivity index (χ3n) is 3.78. The van der Waals surface area contributed by atoms with Crippen molar-refractivity contribution in [3.05, 3.63) is 41.2 Å². The van der Waals surface area contributed by atoms with Crippen molar-refractivity contribution < 1.29 is 14.2 Å². The van der Waals surface area contributed by atoms with Crippen molar-refractivity contribution in [1.29, 1.82) is 0 Å². The number of ether oxygens (including phenoxy) is 1. The van der Waals surface area contributed by atoms with Crippen molar-refractivity contribution in [1.82, 2.24) is 30.7 Å². The summed E-state index contributed by atoms with van der Waals surface area (Å²) in [6.07, 6.45) is 3.61. The van der Waals surface area contributed by atoms with E-state index in [9.17, 15) is 4.79 Å². The van der Waals surface area contributed by atoms with Gasteiger partial charge in [0.2, 0.25) is 11.6 Å². The van der Waals surface area contributed by atoms with Crippen molar-refractivity contribution in [2.75, 3.05) is 12.3 Å². The van der Waals surface area contributed by atoms with Crippen LogP contribution in [0, 0.1) is 6.92 Å². The fourth-order valence-electron chi connectivity index (χ4n) is 2.31. The smallest absolute Gasteiger partial charge is 0.292 e. The second-order valence-corrected chi connectivity index (χ2v) is 5.88. The van der Waals surface area contributed by atoms with Gasteiger partial charge in [0.25, 0.3) is 5.91 Å². The van der Waals surface area contributed by atoms with Crippen molar-refractivity contribution >= 4 is 17.9 Å². The normalized spacial score (nSPS) is 11.1. The van der Waals surface area contributed by atoms with E-state index in [0.717, 1.165) is 28.8 Å². The first-order valence-electron chi connectivity index (χ1n) is 8.67. The molecule has 0 fully saturated rings. The summed E-state index contributed by atoms with van der Waals surface area (Å²) in [5.41, 5.74) is 9.39. The maximum atomic E-state index is 12.5. The van der Waals surface area contributed by atoms with Gasteiger partial charge in [-0.05, 0) is 53.5 Å². The summed E-state index contributed by atoms with van der Waals surface area (Å²) >= 11 is 0. The second-order valence-electron chi connectivity index (χ2n) is 5.88. The van der Waals surface area contributed by atoms with Gasteiger partial charge in [-0.25, -0.2) is 10.1 Å². The lowest BCUT2D eigenvalue weighted by atomic mass is 10.2. The minimum atomic E-state index is -0.527. The summed E-state index contributed by atoms with van der Waals surface area (Å²) in [6.45, 7) is 4.43. The number of anilines is 1. The number of unbranched alkanes of at least 4 members (excludes halogenated alkanes) is 1. The minimum Gasteiger partial charge on any atom is -0.494 e. The first kappa shape index (κ1) is 19.0. The molecule has 2 heterocycles. The third kappa shape index (κ3) is 4.31. The van der Waals surface area contributed by atoms with Gasteiger partial charge in [-0.15, -0.1) is 5.10 Å². The third-order valence-corrected chi connectivity index (χ3v) is 3.78. The Hall–Kier alpha value is -3.76. The van der Waals surface area contributed by atoms with Crippen LogP contribution in [0.4, 0.5) is 5.82 Å². The van der Waals surface area contributed by atoms with Crippen LogP contribution in [-0.2, 0) is 0 Å². The zero-order chi connectivity index (χ0) is 19.9. The van der Waals surface area contributed by atoms with Gasteiger partial charge in [0.15, 0.2) is 5.69 Å². The highest BCUT2D eigenvalue weighted by molar-refractivity contribution is 5.94. The Morgan fingerprint density at radius 1 is 1.36 bits per heavy atom. The summed E-state index contributed by atoms with van der Waals surface area (Å²) in [7, 11) is 0. The summed E-state index contributed by atoms with van der Waals surface area (Å²) in [5.74, 6) is 0.330. The summed E-state index contributed by atoms with van der Waals surface area (Å²) < 4.78 is 11.3. The minimum absolute atomic E-state index is 0.0105. The molecule has 3 rings (SSSR count). The number of amides is 1. The predicted molar refractivity (Wildman–Crippen MR) is 100 cm³/mol. The van der Waals surface area contributed by atoms with Gasteiger partial charge in [0.1, 0.15) is 5.75 Å². The molecule has 0 unspecified atom stereocenters. The maximum Gasteiger partial charge on any atom is 0.292 e. The monoisotopic (exact) mass is 384 g/mol. The van der Waals surface area contributed by atoms with Gasteiger partial charge in [-0.2, -0.15) is 9.78 Å². The molecule has 28 heavy (non-hydrogen) atoms. The van der Waals surface area contributed by atoms with Gasteiger partial charge in [0, 0.05) is 0 Å². The Morgan fingerprint density at radius 3 is 2.82 bits per heavy atom. The molecule has 3 aromatic rings. The molecule has 146 valence electrons. The number of carbonyl (C=O) groups is 1. The van der Waals surface area contributed by atoms with E-state index in [-0.39, 0.29) is 17.3 Å². The van der Waals surface area contributed by atoms with E-state index in [1.54, 1.807) is 6.92 Å². The number of nitrogen functional groups attached to an aromatic ring is 1. The van der Waals surface area contributed by atoms with Gasteiger partial charge in [0.05, 0.1) is 18.5 Å². The van der Waals surface area contributed by atoms with Crippen LogP contribution in [0.2, 0.25) is 0 Å². The molecule has 3 N–H and O–H groups in total. The van der Waals surface area contributed by atoms with Crippen LogP contribution >= 0.6 is 0 Å². The molecule has 0 radical (unpaired) electrons. The number of benzene rings is 1. The van der Waals surface area contributed by atoms with E-state index < -0.39 is 5.91 Å². The number of aromatic nitrogens is 5. The fourth-order valence-corrected chi connectivity index (χ4v) is 2.31. The van der Waals surface area contributed by atoms with Gasteiger partial charge >= 0.3 is 0 Å². The maximum absolute atomic E-state index is 12.5. The Bertz CT molecular complexity index is 961. The zero-order valence-corrected chi connectivity index (χ0v) is 15.5. The van der Waals surface area contributed by atoms with E-state index in [4.69, 9.17) is 10.5 Å². The largest absolute Gasteiger partial charge is 0.494 e. The molecule has 2 aromatic heterocycles. The Labute approximate surface area is 160 Å². The average Bonchev–Trinajstić information content (AvgIpc) is 3.28. The average molecular weight is 384 g/mol. The highest BCUT2D eigenvalue weighted by atomic mass is 16.6. The molecule has 0 bridgehead atoms. The topological polar surface area (TPSA) is 146 Å². The molecular weight excluding hydrogens is 364 g/mol. The Kier molecular flexibility index (Phi) is 5.94. The summed E-state index contributed by atoms with van der Waals surface area (Å²) in [4.78, 5) is 12.5. The number of carbonyl (C=O) groups excluding carboxylic acids is 1. The van der Waals surface area contributed by atoms with Crippen LogP contribution in [0.25, 0.3) is 5.82 Å².